The summed E-state index contributed by atoms with van der Waals surface area (Å²) in [4.78, 5) is 29.1. The van der Waals surface area contributed by atoms with Gasteiger partial charge < -0.3 is 9.74 Å². The van der Waals surface area contributed by atoms with Gasteiger partial charge in [0.05, 0.1) is 0 Å². The molecule has 26 heavy (non-hydrogen) atoms. The second-order valence-electron chi connectivity index (χ2n) is 7.15. The molecule has 0 aromatic carbocycles. The molecule has 9 nitrogen and oxygen atoms in total. The van der Waals surface area contributed by atoms with Gasteiger partial charge in [0, 0.05) is 13.2 Å². The second-order valence-corrected chi connectivity index (χ2v) is 12.3. The number of aromatic nitrogens is 2. The Morgan fingerprint density at radius 2 is 1.85 bits per heavy atom. The van der Waals surface area contributed by atoms with E-state index in [4.69, 9.17) is 16.0 Å². The number of anilines is 3. The molecule has 3 N–H and O–H groups in total. The monoisotopic (exact) mass is 403 g/mol. The number of hydroxylamine groups is 1. The highest BCUT2D eigenvalue weighted by molar-refractivity contribution is 6.74. The summed E-state index contributed by atoms with van der Waals surface area (Å²) in [6.07, 6.45) is 1.31. The van der Waals surface area contributed by atoms with Crippen LogP contribution < -0.4 is 15.7 Å². The van der Waals surface area contributed by atoms with Gasteiger partial charge in [0.25, 0.3) is 0 Å². The molecule has 1 heterocycles. The van der Waals surface area contributed by atoms with E-state index in [0.29, 0.717) is 25.8 Å². The zero-order valence-corrected chi connectivity index (χ0v) is 17.4. The minimum absolute atomic E-state index is 0.0197. The molecule has 0 saturated heterocycles. The van der Waals surface area contributed by atoms with E-state index in [2.05, 4.69) is 54.5 Å². The molecule has 0 aliphatic rings. The van der Waals surface area contributed by atoms with Crippen molar-refractivity contribution in [2.45, 2.75) is 45.3 Å². The van der Waals surface area contributed by atoms with Gasteiger partial charge in [0.2, 0.25) is 18.8 Å². The molecule has 11 heteroatoms. The van der Waals surface area contributed by atoms with Crippen LogP contribution >= 0.6 is 11.6 Å². The van der Waals surface area contributed by atoms with E-state index in [0.717, 1.165) is 5.06 Å². The van der Waals surface area contributed by atoms with E-state index >= 15 is 0 Å². The van der Waals surface area contributed by atoms with Crippen LogP contribution in [0.1, 0.15) is 27.2 Å². The van der Waals surface area contributed by atoms with E-state index in [1.807, 2.05) is 0 Å². The highest BCUT2D eigenvalue weighted by atomic mass is 35.5. The van der Waals surface area contributed by atoms with E-state index < -0.39 is 8.32 Å². The van der Waals surface area contributed by atoms with Crippen molar-refractivity contribution < 1.29 is 19.2 Å². The van der Waals surface area contributed by atoms with Gasteiger partial charge in [-0.1, -0.05) is 32.4 Å². The number of rotatable bonds is 10. The molecule has 0 unspecified atom stereocenters. The third-order valence-corrected chi connectivity index (χ3v) is 9.08. The Bertz CT molecular complexity index is 639. The lowest BCUT2D eigenvalue weighted by atomic mass is 10.2. The lowest BCUT2D eigenvalue weighted by Gasteiger charge is -2.36. The molecule has 1 aromatic rings. The second kappa shape index (κ2) is 9.26. The van der Waals surface area contributed by atoms with Crippen molar-refractivity contribution in [1.29, 1.82) is 0 Å². The fourth-order valence-electron chi connectivity index (χ4n) is 1.77. The predicted octanol–water partition coefficient (Wildman–Crippen LogP) is 2.87. The average Bonchev–Trinajstić information content (AvgIpc) is 2.53. The molecule has 0 spiro atoms. The van der Waals surface area contributed by atoms with Crippen molar-refractivity contribution in [3.05, 3.63) is 5.15 Å². The lowest BCUT2D eigenvalue weighted by molar-refractivity contribution is -0.106. The van der Waals surface area contributed by atoms with Gasteiger partial charge in [-0.3, -0.25) is 20.1 Å². The van der Waals surface area contributed by atoms with Gasteiger partial charge in [-0.2, -0.15) is 9.97 Å². The first-order valence-corrected chi connectivity index (χ1v) is 11.4. The molecular weight excluding hydrogens is 378 g/mol. The van der Waals surface area contributed by atoms with Crippen molar-refractivity contribution in [3.63, 3.8) is 0 Å². The summed E-state index contributed by atoms with van der Waals surface area (Å²) in [5.41, 5.74) is 0.0472. The number of carbonyl (C=O) groups is 2. The van der Waals surface area contributed by atoms with Gasteiger partial charge >= 0.3 is 0 Å². The maximum Gasteiger partial charge on any atom is 0.232 e. The number of carbonyl (C=O) groups excluding carboxylic acids is 2. The summed E-state index contributed by atoms with van der Waals surface area (Å²) in [5.74, 6) is -0.109. The minimum atomic E-state index is -1.86. The summed E-state index contributed by atoms with van der Waals surface area (Å²) in [6, 6.07) is 0. The molecule has 0 saturated carbocycles. The van der Waals surface area contributed by atoms with E-state index in [-0.39, 0.29) is 34.2 Å². The van der Waals surface area contributed by atoms with E-state index in [1.54, 1.807) is 0 Å². The van der Waals surface area contributed by atoms with Gasteiger partial charge in [0.15, 0.2) is 19.3 Å². The molecule has 0 aliphatic carbocycles. The number of nitrogens with one attached hydrogen (secondary N) is 2. The molecule has 0 bridgehead atoms. The summed E-state index contributed by atoms with van der Waals surface area (Å²) in [6.45, 7) is 11.4. The van der Waals surface area contributed by atoms with Crippen molar-refractivity contribution in [3.8, 4) is 0 Å². The lowest BCUT2D eigenvalue weighted by Crippen LogP contribution is -2.41. The highest BCUT2D eigenvalue weighted by Gasteiger charge is 2.36. The fraction of sp³-hybridized carbons (Fsp3) is 0.600. The Labute approximate surface area is 159 Å². The Balaban J connectivity index is 2.81. The maximum atomic E-state index is 10.8. The molecule has 0 aliphatic heterocycles. The van der Waals surface area contributed by atoms with Crippen LogP contribution in [0, 0.1) is 0 Å². The van der Waals surface area contributed by atoms with E-state index in [9.17, 15) is 14.8 Å². The summed E-state index contributed by atoms with van der Waals surface area (Å²) < 4.78 is 6.06. The number of hydrogen-bond acceptors (Lipinski definition) is 7. The van der Waals surface area contributed by atoms with Gasteiger partial charge in [-0.15, -0.1) is 0 Å². The zero-order valence-electron chi connectivity index (χ0n) is 15.7. The van der Waals surface area contributed by atoms with Gasteiger partial charge in [0.1, 0.15) is 5.69 Å². The molecule has 1 aromatic heterocycles. The number of halogens is 1. The number of nitrogens with zero attached hydrogens (tertiary/aromatic N) is 3. The van der Waals surface area contributed by atoms with Gasteiger partial charge in [-0.05, 0) is 24.6 Å². The predicted molar refractivity (Wildman–Crippen MR) is 103 cm³/mol. The quantitative estimate of drug-likeness (QED) is 0.181. The maximum absolute atomic E-state index is 10.8. The number of hydrogen-bond donors (Lipinski definition) is 3. The van der Waals surface area contributed by atoms with Gasteiger partial charge in [-0.25, -0.2) is 5.06 Å². The van der Waals surface area contributed by atoms with E-state index in [1.165, 1.54) is 0 Å². The van der Waals surface area contributed by atoms with Crippen molar-refractivity contribution in [1.82, 2.24) is 9.97 Å². The third kappa shape index (κ3) is 5.90. The first-order chi connectivity index (χ1) is 12.0. The zero-order chi connectivity index (χ0) is 20.0. The van der Waals surface area contributed by atoms with Crippen LogP contribution in [0.5, 0.6) is 0 Å². The van der Waals surface area contributed by atoms with Crippen LogP contribution in [0.3, 0.4) is 0 Å². The van der Waals surface area contributed by atoms with Crippen LogP contribution in [0.25, 0.3) is 0 Å². The van der Waals surface area contributed by atoms with Crippen LogP contribution in [0.4, 0.5) is 17.5 Å². The average molecular weight is 404 g/mol. The smallest absolute Gasteiger partial charge is 0.232 e. The minimum Gasteiger partial charge on any atom is -0.417 e. The van der Waals surface area contributed by atoms with Crippen LogP contribution in [0.2, 0.25) is 23.3 Å². The number of amides is 2. The molecular formula is C15H26ClN5O4Si. The third-order valence-electron chi connectivity index (χ3n) is 4.26. The molecule has 2 amide bonds. The molecule has 0 fully saturated rings. The van der Waals surface area contributed by atoms with Crippen LogP contribution in [-0.4, -0.2) is 49.5 Å². The fourth-order valence-corrected chi connectivity index (χ4v) is 3.08. The first-order valence-electron chi connectivity index (χ1n) is 8.11. The van der Waals surface area contributed by atoms with Crippen molar-refractivity contribution >= 4 is 50.2 Å². The largest absolute Gasteiger partial charge is 0.417 e. The topological polar surface area (TPSA) is 117 Å². The SMILES string of the molecule is CC(C)(C)[Si](C)(C)OCCCN(O)c1nc(NC=O)nc(Cl)c1NC=O. The molecule has 146 valence electrons. The Morgan fingerprint density at radius 3 is 2.38 bits per heavy atom. The normalized spacial score (nSPS) is 11.8. The Hall–Kier alpha value is -1.75. The Morgan fingerprint density at radius 1 is 1.23 bits per heavy atom. The van der Waals surface area contributed by atoms with Crippen molar-refractivity contribution in [2.24, 2.45) is 0 Å². The van der Waals surface area contributed by atoms with Crippen molar-refractivity contribution in [2.75, 3.05) is 28.8 Å². The first kappa shape index (κ1) is 22.3. The Kier molecular flexibility index (Phi) is 7.94. The van der Waals surface area contributed by atoms with Crippen LogP contribution in [0.15, 0.2) is 0 Å². The molecule has 0 atom stereocenters. The molecule has 1 rings (SSSR count). The standard InChI is InChI=1S/C15H26ClN5O4Si/c1-15(2,3)26(4,5)25-8-6-7-21(24)13-11(17-9-22)12(16)19-14(20-13)18-10-23/h9-10,24H,6-8H2,1-5H3,(H,17,22)(H,18,19,20,23). The molecule has 0 radical (unpaired) electrons. The highest BCUT2D eigenvalue weighted by Crippen LogP contribution is 2.36. The van der Waals surface area contributed by atoms with Crippen LogP contribution in [-0.2, 0) is 14.0 Å². The summed E-state index contributed by atoms with van der Waals surface area (Å²) in [5, 5.41) is 15.7. The summed E-state index contributed by atoms with van der Waals surface area (Å²) >= 11 is 5.98. The summed E-state index contributed by atoms with van der Waals surface area (Å²) in [7, 11) is -1.86.